The number of piperidine rings is 1. The Hall–Kier alpha value is -1.61. The van der Waals surface area contributed by atoms with Crippen molar-refractivity contribution in [1.29, 1.82) is 0 Å². The molecular formula is C18H25F3N2O3S. The molecule has 1 amide bonds. The molecule has 1 aliphatic heterocycles. The van der Waals surface area contributed by atoms with Crippen LogP contribution in [0.25, 0.3) is 0 Å². The molecule has 152 valence electrons. The van der Waals surface area contributed by atoms with Crippen LogP contribution >= 0.6 is 0 Å². The predicted molar refractivity (Wildman–Crippen MR) is 96.4 cm³/mol. The summed E-state index contributed by atoms with van der Waals surface area (Å²) in [7, 11) is -2.35. The van der Waals surface area contributed by atoms with E-state index in [1.165, 1.54) is 28.6 Å². The van der Waals surface area contributed by atoms with Crippen molar-refractivity contribution < 1.29 is 26.4 Å². The van der Waals surface area contributed by atoms with Gasteiger partial charge in [0.1, 0.15) is 0 Å². The van der Waals surface area contributed by atoms with Gasteiger partial charge in [0.05, 0.1) is 11.7 Å². The van der Waals surface area contributed by atoms with Gasteiger partial charge in [0, 0.05) is 20.1 Å². The van der Waals surface area contributed by atoms with E-state index in [0.717, 1.165) is 7.05 Å². The molecule has 27 heavy (non-hydrogen) atoms. The Kier molecular flexibility index (Phi) is 6.91. The van der Waals surface area contributed by atoms with Crippen molar-refractivity contribution in [3.63, 3.8) is 0 Å². The summed E-state index contributed by atoms with van der Waals surface area (Å²) >= 11 is 0. The SMILES string of the molecule is CCCS(=O)(=O)N1CCCC(C(=O)N(C)C(c2ccccc2)C(F)(F)F)C1. The molecule has 1 aliphatic rings. The quantitative estimate of drug-likeness (QED) is 0.729. The zero-order chi connectivity index (χ0) is 20.2. The average Bonchev–Trinajstić information content (AvgIpc) is 2.61. The topological polar surface area (TPSA) is 57.7 Å². The van der Waals surface area contributed by atoms with Crippen LogP contribution in [0.5, 0.6) is 0 Å². The highest BCUT2D eigenvalue weighted by atomic mass is 32.2. The molecule has 0 aliphatic carbocycles. The molecule has 0 bridgehead atoms. The lowest BCUT2D eigenvalue weighted by molar-refractivity contribution is -0.191. The minimum Gasteiger partial charge on any atom is -0.330 e. The monoisotopic (exact) mass is 406 g/mol. The van der Waals surface area contributed by atoms with E-state index in [1.807, 2.05) is 0 Å². The van der Waals surface area contributed by atoms with Gasteiger partial charge in [-0.25, -0.2) is 12.7 Å². The zero-order valence-corrected chi connectivity index (χ0v) is 16.3. The number of nitrogens with zero attached hydrogens (tertiary/aromatic N) is 2. The highest BCUT2D eigenvalue weighted by Gasteiger charge is 2.46. The van der Waals surface area contributed by atoms with Crippen LogP contribution in [-0.4, -0.2) is 55.6 Å². The van der Waals surface area contributed by atoms with E-state index in [2.05, 4.69) is 0 Å². The third-order valence-electron chi connectivity index (χ3n) is 4.75. The van der Waals surface area contributed by atoms with Crippen molar-refractivity contribution in [3.05, 3.63) is 35.9 Å². The Labute approximate surface area is 158 Å². The molecule has 2 rings (SSSR count). The number of hydrogen-bond acceptors (Lipinski definition) is 3. The van der Waals surface area contributed by atoms with Crippen LogP contribution in [0, 0.1) is 5.92 Å². The molecule has 0 saturated carbocycles. The molecule has 9 heteroatoms. The molecule has 1 fully saturated rings. The van der Waals surface area contributed by atoms with E-state index in [9.17, 15) is 26.4 Å². The van der Waals surface area contributed by atoms with Crippen molar-refractivity contribution in [3.8, 4) is 0 Å². The fourth-order valence-corrected chi connectivity index (χ4v) is 5.05. The zero-order valence-electron chi connectivity index (χ0n) is 15.4. The third-order valence-corrected chi connectivity index (χ3v) is 6.79. The minimum atomic E-state index is -4.63. The van der Waals surface area contributed by atoms with Gasteiger partial charge in [-0.15, -0.1) is 0 Å². The van der Waals surface area contributed by atoms with E-state index in [4.69, 9.17) is 0 Å². The van der Waals surface area contributed by atoms with Crippen molar-refractivity contribution in [2.75, 3.05) is 25.9 Å². The number of amides is 1. The predicted octanol–water partition coefficient (Wildman–Crippen LogP) is 3.20. The van der Waals surface area contributed by atoms with Gasteiger partial charge in [-0.3, -0.25) is 4.79 Å². The molecule has 0 N–H and O–H groups in total. The second-order valence-electron chi connectivity index (χ2n) is 6.82. The van der Waals surface area contributed by atoms with E-state index in [-0.39, 0.29) is 17.9 Å². The third kappa shape index (κ3) is 5.22. The van der Waals surface area contributed by atoms with E-state index >= 15 is 0 Å². The number of halogens is 3. The van der Waals surface area contributed by atoms with Crippen LogP contribution in [0.15, 0.2) is 30.3 Å². The van der Waals surface area contributed by atoms with Gasteiger partial charge in [-0.1, -0.05) is 37.3 Å². The lowest BCUT2D eigenvalue weighted by Crippen LogP contribution is -2.49. The maximum Gasteiger partial charge on any atom is 0.413 e. The molecule has 2 unspecified atom stereocenters. The summed E-state index contributed by atoms with van der Waals surface area (Å²) in [6.07, 6.45) is -3.36. The standard InChI is InChI=1S/C18H25F3N2O3S/c1-3-12-27(25,26)23-11-7-10-15(13-23)17(24)22(2)16(18(19,20)21)14-8-5-4-6-9-14/h4-6,8-9,15-16H,3,7,10-13H2,1-2H3. The van der Waals surface area contributed by atoms with Gasteiger partial charge in [-0.2, -0.15) is 13.2 Å². The molecular weight excluding hydrogens is 381 g/mol. The number of carbonyl (C=O) groups is 1. The number of rotatable bonds is 6. The molecule has 1 aromatic rings. The second kappa shape index (κ2) is 8.60. The first kappa shape index (κ1) is 21.7. The van der Waals surface area contributed by atoms with Crippen LogP contribution < -0.4 is 0 Å². The van der Waals surface area contributed by atoms with Crippen molar-refractivity contribution in [1.82, 2.24) is 9.21 Å². The van der Waals surface area contributed by atoms with Crippen molar-refractivity contribution in [2.24, 2.45) is 5.92 Å². The Morgan fingerprint density at radius 2 is 1.93 bits per heavy atom. The number of hydrogen-bond donors (Lipinski definition) is 0. The average molecular weight is 406 g/mol. The minimum absolute atomic E-state index is 0.0212. The second-order valence-corrected chi connectivity index (χ2v) is 8.91. The first-order valence-corrected chi connectivity index (χ1v) is 10.5. The summed E-state index contributed by atoms with van der Waals surface area (Å²) in [6, 6.07) is 5.20. The lowest BCUT2D eigenvalue weighted by atomic mass is 9.96. The molecule has 1 aromatic carbocycles. The number of benzene rings is 1. The lowest BCUT2D eigenvalue weighted by Gasteiger charge is -2.36. The van der Waals surface area contributed by atoms with Gasteiger partial charge in [0.2, 0.25) is 15.9 Å². The first-order chi connectivity index (χ1) is 12.6. The van der Waals surface area contributed by atoms with Gasteiger partial charge >= 0.3 is 6.18 Å². The van der Waals surface area contributed by atoms with Gasteiger partial charge in [0.25, 0.3) is 0 Å². The van der Waals surface area contributed by atoms with Gasteiger partial charge in [-0.05, 0) is 24.8 Å². The summed E-state index contributed by atoms with van der Waals surface area (Å²) < 4.78 is 66.7. The molecule has 5 nitrogen and oxygen atoms in total. The smallest absolute Gasteiger partial charge is 0.330 e. The Bertz CT molecular complexity index is 738. The summed E-state index contributed by atoms with van der Waals surface area (Å²) in [4.78, 5) is 13.5. The fourth-order valence-electron chi connectivity index (χ4n) is 3.47. The highest BCUT2D eigenvalue weighted by molar-refractivity contribution is 7.89. The van der Waals surface area contributed by atoms with E-state index in [0.29, 0.717) is 30.7 Å². The van der Waals surface area contributed by atoms with Gasteiger partial charge < -0.3 is 4.90 Å². The summed E-state index contributed by atoms with van der Waals surface area (Å²) in [5.74, 6) is -1.49. The molecule has 2 atom stereocenters. The largest absolute Gasteiger partial charge is 0.413 e. The highest BCUT2D eigenvalue weighted by Crippen LogP contribution is 2.38. The Morgan fingerprint density at radius 3 is 2.48 bits per heavy atom. The first-order valence-electron chi connectivity index (χ1n) is 8.94. The van der Waals surface area contributed by atoms with Crippen LogP contribution in [-0.2, 0) is 14.8 Å². The number of alkyl halides is 3. The molecule has 0 aromatic heterocycles. The van der Waals surface area contributed by atoms with Crippen molar-refractivity contribution in [2.45, 2.75) is 38.4 Å². The van der Waals surface area contributed by atoms with Crippen molar-refractivity contribution >= 4 is 15.9 Å². The van der Waals surface area contributed by atoms with Crippen LogP contribution in [0.3, 0.4) is 0 Å². The Morgan fingerprint density at radius 1 is 1.30 bits per heavy atom. The summed E-state index contributed by atoms with van der Waals surface area (Å²) in [5, 5.41) is 0. The Balaban J connectivity index is 2.21. The van der Waals surface area contributed by atoms with Crippen LogP contribution in [0.1, 0.15) is 37.8 Å². The summed E-state index contributed by atoms with van der Waals surface area (Å²) in [5.41, 5.74) is -0.0212. The number of sulfonamides is 1. The molecule has 0 spiro atoms. The van der Waals surface area contributed by atoms with Crippen LogP contribution in [0.4, 0.5) is 13.2 Å². The molecule has 1 heterocycles. The normalized spacial score (nSPS) is 20.3. The van der Waals surface area contributed by atoms with E-state index in [1.54, 1.807) is 13.0 Å². The van der Waals surface area contributed by atoms with Gasteiger partial charge in [0.15, 0.2) is 6.04 Å². The maximum absolute atomic E-state index is 13.6. The number of carbonyl (C=O) groups excluding carboxylic acids is 1. The maximum atomic E-state index is 13.6. The summed E-state index contributed by atoms with van der Waals surface area (Å²) in [6.45, 7) is 1.98. The molecule has 1 saturated heterocycles. The fraction of sp³-hybridized carbons (Fsp3) is 0.611. The molecule has 0 radical (unpaired) electrons. The van der Waals surface area contributed by atoms with E-state index < -0.39 is 34.1 Å². The van der Waals surface area contributed by atoms with Crippen LogP contribution in [0.2, 0.25) is 0 Å².